The van der Waals surface area contributed by atoms with E-state index in [0.717, 1.165) is 0 Å². The van der Waals surface area contributed by atoms with E-state index in [1.165, 1.54) is 0 Å². The Bertz CT molecular complexity index is 9.65. The maximum absolute atomic E-state index is 0. The molecule has 0 amide bonds. The zero-order chi connectivity index (χ0) is 0. The van der Waals surface area contributed by atoms with Crippen LogP contribution in [0.1, 0.15) is 0 Å². The SMILES string of the molecule is O.O.O.O.[NH4+].[NH4+].[W]. The van der Waals surface area contributed by atoms with Crippen LogP contribution in [0.2, 0.25) is 0 Å². The summed E-state index contributed by atoms with van der Waals surface area (Å²) in [5.41, 5.74) is 0. The minimum Gasteiger partial charge on any atom is -0.412 e. The molecule has 0 fully saturated rings. The van der Waals surface area contributed by atoms with Crippen molar-refractivity contribution in [2.24, 2.45) is 0 Å². The zero-order valence-corrected chi connectivity index (χ0v) is 7.34. The fourth-order valence-electron chi connectivity index (χ4n) is 0. The van der Waals surface area contributed by atoms with E-state index >= 15 is 0 Å². The van der Waals surface area contributed by atoms with Crippen LogP contribution in [0, 0.1) is 0 Å². The van der Waals surface area contributed by atoms with Crippen LogP contribution in [-0.2, 0) is 21.1 Å². The van der Waals surface area contributed by atoms with Gasteiger partial charge in [-0.05, 0) is 0 Å². The van der Waals surface area contributed by atoms with E-state index in [1.807, 2.05) is 0 Å². The summed E-state index contributed by atoms with van der Waals surface area (Å²) in [6.45, 7) is 0. The maximum atomic E-state index is 0. The van der Waals surface area contributed by atoms with Crippen LogP contribution in [0.3, 0.4) is 0 Å². The van der Waals surface area contributed by atoms with E-state index in [2.05, 4.69) is 0 Å². The van der Waals surface area contributed by atoms with Crippen LogP contribution in [-0.4, -0.2) is 21.9 Å². The molecule has 0 saturated heterocycles. The summed E-state index contributed by atoms with van der Waals surface area (Å²) in [6.07, 6.45) is 0. The monoisotopic (exact) mass is 292 g/mol. The first-order chi connectivity index (χ1) is 0. The van der Waals surface area contributed by atoms with Crippen LogP contribution in [0.15, 0.2) is 0 Å². The molecule has 54 valence electrons. The van der Waals surface area contributed by atoms with Gasteiger partial charge < -0.3 is 34.2 Å². The van der Waals surface area contributed by atoms with Crippen LogP contribution in [0.4, 0.5) is 0 Å². The molecule has 7 heavy (non-hydrogen) atoms. The molecule has 0 saturated carbocycles. The summed E-state index contributed by atoms with van der Waals surface area (Å²) in [4.78, 5) is 0. The molecule has 0 aromatic rings. The molecule has 0 radical (unpaired) electrons. The van der Waals surface area contributed by atoms with E-state index in [-0.39, 0.29) is 55.3 Å². The zero-order valence-electron chi connectivity index (χ0n) is 4.41. The molecule has 16 N–H and O–H groups in total. The Morgan fingerprint density at radius 2 is 0.429 bits per heavy atom. The van der Waals surface area contributed by atoms with E-state index in [4.69, 9.17) is 0 Å². The second-order valence-corrected chi connectivity index (χ2v) is 0. The Hall–Kier alpha value is 0.448. The standard InChI is InChI=1S/2H3N.4H2O.W/h2*1H3;4*1H2;/p+2. The number of hydrogen-bond acceptors (Lipinski definition) is 0. The van der Waals surface area contributed by atoms with Crippen molar-refractivity contribution in [3.05, 3.63) is 0 Å². The molecule has 7 heteroatoms. The normalized spacial score (nSPS) is 0. The van der Waals surface area contributed by atoms with Gasteiger partial charge in [0, 0.05) is 21.1 Å². The second-order valence-electron chi connectivity index (χ2n) is 0. The van der Waals surface area contributed by atoms with Crippen molar-refractivity contribution in [3.63, 3.8) is 0 Å². The van der Waals surface area contributed by atoms with Crippen molar-refractivity contribution >= 4 is 0 Å². The summed E-state index contributed by atoms with van der Waals surface area (Å²) in [5, 5.41) is 0. The summed E-state index contributed by atoms with van der Waals surface area (Å²) >= 11 is 0. The first kappa shape index (κ1) is 1540. The second kappa shape index (κ2) is 952. The molecule has 0 aromatic carbocycles. The van der Waals surface area contributed by atoms with Crippen molar-refractivity contribution in [2.45, 2.75) is 0 Å². The molecule has 0 unspecified atom stereocenters. The van der Waals surface area contributed by atoms with E-state index in [0.29, 0.717) is 0 Å². The molecule has 0 heterocycles. The predicted octanol–water partition coefficient (Wildman–Crippen LogP) is -2.55. The summed E-state index contributed by atoms with van der Waals surface area (Å²) in [6, 6.07) is 0. The van der Waals surface area contributed by atoms with Crippen molar-refractivity contribution < 1.29 is 43.0 Å². The Kier molecular flexibility index (Phi) is 210000. The molecule has 0 aliphatic rings. The molecule has 6 nitrogen and oxygen atoms in total. The van der Waals surface area contributed by atoms with Gasteiger partial charge >= 0.3 is 0 Å². The Morgan fingerprint density at radius 3 is 0.429 bits per heavy atom. The topological polar surface area (TPSA) is 199 Å². The molecule has 0 spiro atoms. The minimum atomic E-state index is 0. The van der Waals surface area contributed by atoms with Gasteiger partial charge in [0.15, 0.2) is 0 Å². The molecular formula is H16N2O4W+2. The van der Waals surface area contributed by atoms with Gasteiger partial charge in [0.05, 0.1) is 0 Å². The summed E-state index contributed by atoms with van der Waals surface area (Å²) < 4.78 is 0. The van der Waals surface area contributed by atoms with Gasteiger partial charge in [0.1, 0.15) is 0 Å². The Labute approximate surface area is 56.0 Å². The third-order valence-corrected chi connectivity index (χ3v) is 0. The minimum absolute atomic E-state index is 0. The first-order valence-electron chi connectivity index (χ1n) is 0. The van der Waals surface area contributed by atoms with Gasteiger partial charge in [-0.2, -0.15) is 0 Å². The van der Waals surface area contributed by atoms with Crippen LogP contribution >= 0.6 is 0 Å². The fraction of sp³-hybridized carbons (Fsp3) is 0. The van der Waals surface area contributed by atoms with Crippen molar-refractivity contribution in [2.75, 3.05) is 0 Å². The molecule has 0 aliphatic carbocycles. The molecule has 0 atom stereocenters. The van der Waals surface area contributed by atoms with Crippen molar-refractivity contribution in [3.8, 4) is 0 Å². The average molecular weight is 292 g/mol. The molecule has 0 aromatic heterocycles. The summed E-state index contributed by atoms with van der Waals surface area (Å²) in [5.74, 6) is 0. The fourth-order valence-corrected chi connectivity index (χ4v) is 0. The Balaban J connectivity index is 0. The first-order valence-corrected chi connectivity index (χ1v) is 0. The van der Waals surface area contributed by atoms with Gasteiger partial charge in [0.25, 0.3) is 0 Å². The van der Waals surface area contributed by atoms with Crippen LogP contribution in [0.5, 0.6) is 0 Å². The Morgan fingerprint density at radius 1 is 0.429 bits per heavy atom. The van der Waals surface area contributed by atoms with Crippen molar-refractivity contribution in [1.82, 2.24) is 12.3 Å². The summed E-state index contributed by atoms with van der Waals surface area (Å²) in [7, 11) is 0. The van der Waals surface area contributed by atoms with Gasteiger partial charge in [-0.15, -0.1) is 0 Å². The van der Waals surface area contributed by atoms with E-state index in [9.17, 15) is 0 Å². The third kappa shape index (κ3) is 635. The molecule has 0 aliphatic heterocycles. The number of rotatable bonds is 0. The van der Waals surface area contributed by atoms with Gasteiger partial charge in [-0.3, -0.25) is 0 Å². The number of hydrogen-bond donors (Lipinski definition) is 2. The largest absolute Gasteiger partial charge is 0.412 e. The van der Waals surface area contributed by atoms with E-state index in [1.54, 1.807) is 0 Å². The predicted molar refractivity (Wildman–Crippen MR) is 26.4 cm³/mol. The van der Waals surface area contributed by atoms with Crippen LogP contribution in [0.25, 0.3) is 0 Å². The van der Waals surface area contributed by atoms with Crippen LogP contribution < -0.4 is 12.3 Å². The smallest absolute Gasteiger partial charge is 0 e. The quantitative estimate of drug-likeness (QED) is 0.474. The van der Waals surface area contributed by atoms with Crippen molar-refractivity contribution in [1.29, 1.82) is 0 Å². The van der Waals surface area contributed by atoms with Gasteiger partial charge in [0.2, 0.25) is 0 Å². The maximum Gasteiger partial charge on any atom is 0 e. The van der Waals surface area contributed by atoms with Gasteiger partial charge in [-0.1, -0.05) is 0 Å². The van der Waals surface area contributed by atoms with E-state index < -0.39 is 0 Å². The average Bonchev–Trinajstić information content (AvgIpc) is 0. The van der Waals surface area contributed by atoms with Gasteiger partial charge in [-0.25, -0.2) is 0 Å². The molecule has 0 bridgehead atoms. The number of quaternary nitrogens is 2. The third-order valence-electron chi connectivity index (χ3n) is 0. The molecular weight excluding hydrogens is 276 g/mol. The molecule has 0 rings (SSSR count).